The van der Waals surface area contributed by atoms with Gasteiger partial charge in [-0.1, -0.05) is 23.7 Å². The summed E-state index contributed by atoms with van der Waals surface area (Å²) in [6.45, 7) is 0.151. The van der Waals surface area contributed by atoms with Gasteiger partial charge in [-0.2, -0.15) is 0 Å². The Bertz CT molecular complexity index is 985. The van der Waals surface area contributed by atoms with Crippen LogP contribution < -0.4 is 10.1 Å². The summed E-state index contributed by atoms with van der Waals surface area (Å²) < 4.78 is 10.2. The first kappa shape index (κ1) is 18.4. The summed E-state index contributed by atoms with van der Waals surface area (Å²) in [5.74, 6) is -0.681. The van der Waals surface area contributed by atoms with Gasteiger partial charge in [0.05, 0.1) is 7.11 Å². The lowest BCUT2D eigenvalue weighted by molar-refractivity contribution is -0.391. The highest BCUT2D eigenvalue weighted by Crippen LogP contribution is 2.31. The molecule has 0 aliphatic carbocycles. The monoisotopic (exact) mass is 387 g/mol. The maximum Gasteiger partial charge on any atom is 0.427 e. The number of hydrogen-bond donors (Lipinski definition) is 1. The zero-order valence-corrected chi connectivity index (χ0v) is 14.9. The maximum atomic E-state index is 12.6. The second-order valence-corrected chi connectivity index (χ2v) is 5.94. The molecule has 8 nitrogen and oxygen atoms in total. The minimum atomic E-state index is -0.761. The van der Waals surface area contributed by atoms with Gasteiger partial charge in [0.2, 0.25) is 5.76 Å². The van der Waals surface area contributed by atoms with Crippen molar-refractivity contribution in [1.82, 2.24) is 10.5 Å². The van der Waals surface area contributed by atoms with Gasteiger partial charge in [0.25, 0.3) is 5.91 Å². The standard InChI is InChI=1S/C18H14ClN3O5/c1-26-14-4-2-3-11(9-14)10-20-18(23)15-16(27-21-17(15)22(24)25)12-5-7-13(19)8-6-12/h2-9H,10H2,1H3,(H,20,23). The van der Waals surface area contributed by atoms with E-state index in [4.69, 9.17) is 20.9 Å². The van der Waals surface area contributed by atoms with E-state index in [2.05, 4.69) is 10.5 Å². The van der Waals surface area contributed by atoms with E-state index < -0.39 is 16.6 Å². The van der Waals surface area contributed by atoms with E-state index in [1.807, 2.05) is 0 Å². The van der Waals surface area contributed by atoms with Crippen LogP contribution in [-0.2, 0) is 6.54 Å². The van der Waals surface area contributed by atoms with Crippen LogP contribution in [0.2, 0.25) is 5.02 Å². The number of methoxy groups -OCH3 is 1. The minimum absolute atomic E-state index is 0.00140. The number of nitro groups is 1. The predicted octanol–water partition coefficient (Wildman–Crippen LogP) is 3.84. The van der Waals surface area contributed by atoms with Crippen LogP contribution in [0.1, 0.15) is 15.9 Å². The van der Waals surface area contributed by atoms with Gasteiger partial charge in [-0.3, -0.25) is 9.32 Å². The molecule has 1 heterocycles. The Morgan fingerprint density at radius 3 is 2.70 bits per heavy atom. The second kappa shape index (κ2) is 7.88. The first-order chi connectivity index (χ1) is 13.0. The van der Waals surface area contributed by atoms with Crippen molar-refractivity contribution in [3.05, 3.63) is 74.8 Å². The Morgan fingerprint density at radius 2 is 2.04 bits per heavy atom. The number of carbonyl (C=O) groups excluding carboxylic acids is 1. The Labute approximate surface area is 158 Å². The number of nitrogens with zero attached hydrogens (tertiary/aromatic N) is 2. The molecule has 1 amide bonds. The van der Waals surface area contributed by atoms with Gasteiger partial charge in [0.1, 0.15) is 5.75 Å². The van der Waals surface area contributed by atoms with Crippen molar-refractivity contribution >= 4 is 23.3 Å². The fraction of sp³-hybridized carbons (Fsp3) is 0.111. The fourth-order valence-electron chi connectivity index (χ4n) is 2.46. The van der Waals surface area contributed by atoms with Crippen LogP contribution in [0.5, 0.6) is 5.75 Å². The van der Waals surface area contributed by atoms with Crippen molar-refractivity contribution < 1.29 is 19.0 Å². The number of amides is 1. The maximum absolute atomic E-state index is 12.6. The van der Waals surface area contributed by atoms with Gasteiger partial charge in [0, 0.05) is 17.1 Å². The molecule has 2 aromatic carbocycles. The molecule has 0 saturated carbocycles. The summed E-state index contributed by atoms with van der Waals surface area (Å²) >= 11 is 5.86. The number of hydrogen-bond acceptors (Lipinski definition) is 6. The van der Waals surface area contributed by atoms with Crippen LogP contribution in [-0.4, -0.2) is 23.1 Å². The quantitative estimate of drug-likeness (QED) is 0.508. The third-order valence-corrected chi connectivity index (χ3v) is 4.02. The lowest BCUT2D eigenvalue weighted by Gasteiger charge is -2.06. The predicted molar refractivity (Wildman–Crippen MR) is 97.8 cm³/mol. The highest BCUT2D eigenvalue weighted by Gasteiger charge is 2.32. The molecule has 0 atom stereocenters. The third kappa shape index (κ3) is 4.06. The molecule has 0 saturated heterocycles. The topological polar surface area (TPSA) is 108 Å². The average Bonchev–Trinajstić information content (AvgIpc) is 3.12. The molecule has 3 aromatic rings. The molecule has 0 radical (unpaired) electrons. The molecular weight excluding hydrogens is 374 g/mol. The number of carbonyl (C=O) groups is 1. The lowest BCUT2D eigenvalue weighted by atomic mass is 10.1. The van der Waals surface area contributed by atoms with E-state index in [0.717, 1.165) is 5.56 Å². The molecule has 1 aromatic heterocycles. The summed E-state index contributed by atoms with van der Waals surface area (Å²) in [4.78, 5) is 23.1. The molecule has 3 rings (SSSR count). The average molecular weight is 388 g/mol. The smallest absolute Gasteiger partial charge is 0.427 e. The van der Waals surface area contributed by atoms with E-state index in [0.29, 0.717) is 16.3 Å². The highest BCUT2D eigenvalue weighted by atomic mass is 35.5. The zero-order valence-electron chi connectivity index (χ0n) is 14.1. The van der Waals surface area contributed by atoms with E-state index in [1.54, 1.807) is 48.5 Å². The Hall–Kier alpha value is -3.39. The normalized spacial score (nSPS) is 10.4. The highest BCUT2D eigenvalue weighted by molar-refractivity contribution is 6.30. The van der Waals surface area contributed by atoms with Crippen molar-refractivity contribution in [2.75, 3.05) is 7.11 Å². The van der Waals surface area contributed by atoms with Crippen molar-refractivity contribution in [3.63, 3.8) is 0 Å². The number of ether oxygens (including phenoxy) is 1. The molecule has 0 aliphatic rings. The molecular formula is C18H14ClN3O5. The first-order valence-electron chi connectivity index (χ1n) is 7.80. The fourth-order valence-corrected chi connectivity index (χ4v) is 2.59. The van der Waals surface area contributed by atoms with Crippen molar-refractivity contribution in [2.45, 2.75) is 6.54 Å². The molecule has 1 N–H and O–H groups in total. The number of nitrogens with one attached hydrogen (secondary N) is 1. The van der Waals surface area contributed by atoms with Gasteiger partial charge in [-0.05, 0) is 46.9 Å². The molecule has 27 heavy (non-hydrogen) atoms. The van der Waals surface area contributed by atoms with E-state index in [1.165, 1.54) is 7.11 Å². The summed E-state index contributed by atoms with van der Waals surface area (Å²) in [5.41, 5.74) is 0.978. The number of aromatic nitrogens is 1. The van der Waals surface area contributed by atoms with Gasteiger partial charge in [-0.15, -0.1) is 0 Å². The van der Waals surface area contributed by atoms with Crippen LogP contribution in [0.15, 0.2) is 53.1 Å². The van der Waals surface area contributed by atoms with E-state index >= 15 is 0 Å². The lowest BCUT2D eigenvalue weighted by Crippen LogP contribution is -2.23. The van der Waals surface area contributed by atoms with Gasteiger partial charge < -0.3 is 20.2 Å². The zero-order chi connectivity index (χ0) is 19.4. The Balaban J connectivity index is 1.89. The molecule has 0 unspecified atom stereocenters. The largest absolute Gasteiger partial charge is 0.497 e. The molecule has 0 aliphatic heterocycles. The van der Waals surface area contributed by atoms with E-state index in [-0.39, 0.29) is 17.9 Å². The first-order valence-corrected chi connectivity index (χ1v) is 8.18. The van der Waals surface area contributed by atoms with E-state index in [9.17, 15) is 14.9 Å². The second-order valence-electron chi connectivity index (χ2n) is 5.51. The summed E-state index contributed by atoms with van der Waals surface area (Å²) in [5, 5.41) is 17.8. The summed E-state index contributed by atoms with van der Waals surface area (Å²) in [7, 11) is 1.54. The molecule has 0 spiro atoms. The molecule has 9 heteroatoms. The van der Waals surface area contributed by atoms with Gasteiger partial charge in [0.15, 0.2) is 10.7 Å². The van der Waals surface area contributed by atoms with Crippen LogP contribution in [0.25, 0.3) is 11.3 Å². The molecule has 138 valence electrons. The summed E-state index contributed by atoms with van der Waals surface area (Å²) in [6.07, 6.45) is 0. The van der Waals surface area contributed by atoms with Gasteiger partial charge >= 0.3 is 5.82 Å². The number of halogens is 1. The van der Waals surface area contributed by atoms with Gasteiger partial charge in [-0.25, -0.2) is 0 Å². The third-order valence-electron chi connectivity index (χ3n) is 3.77. The number of benzene rings is 2. The van der Waals surface area contributed by atoms with Crippen molar-refractivity contribution in [1.29, 1.82) is 0 Å². The molecule has 0 fully saturated rings. The van der Waals surface area contributed by atoms with Crippen molar-refractivity contribution in [3.8, 4) is 17.1 Å². The van der Waals surface area contributed by atoms with Crippen LogP contribution >= 0.6 is 11.6 Å². The minimum Gasteiger partial charge on any atom is -0.497 e. The molecule has 0 bridgehead atoms. The Kier molecular flexibility index (Phi) is 5.37. The van der Waals surface area contributed by atoms with Crippen LogP contribution in [0, 0.1) is 10.1 Å². The van der Waals surface area contributed by atoms with Crippen LogP contribution in [0.3, 0.4) is 0 Å². The SMILES string of the molecule is COc1cccc(CNC(=O)c2c([N+](=O)[O-])noc2-c2ccc(Cl)cc2)c1. The van der Waals surface area contributed by atoms with Crippen molar-refractivity contribution in [2.24, 2.45) is 0 Å². The van der Waals surface area contributed by atoms with Crippen LogP contribution in [0.4, 0.5) is 5.82 Å². The Morgan fingerprint density at radius 1 is 1.30 bits per heavy atom. The number of rotatable bonds is 6. The summed E-state index contributed by atoms with van der Waals surface area (Å²) in [6, 6.07) is 13.5.